The smallest absolute Gasteiger partial charge is 0.215 e. The van der Waals surface area contributed by atoms with E-state index in [0.29, 0.717) is 23.7 Å². The van der Waals surface area contributed by atoms with E-state index >= 15 is 0 Å². The van der Waals surface area contributed by atoms with E-state index in [9.17, 15) is 12.8 Å². The highest BCUT2D eigenvalue weighted by atomic mass is 32.2. The quantitative estimate of drug-likeness (QED) is 0.557. The van der Waals surface area contributed by atoms with E-state index in [2.05, 4.69) is 25.0 Å². The second-order valence-corrected chi connectivity index (χ2v) is 8.06. The van der Waals surface area contributed by atoms with Crippen LogP contribution in [0.15, 0.2) is 43.0 Å². The van der Waals surface area contributed by atoms with E-state index in [1.807, 2.05) is 18.4 Å². The summed E-state index contributed by atoms with van der Waals surface area (Å²) in [6.45, 7) is 4.41. The molecule has 0 saturated carbocycles. The topological polar surface area (TPSA) is 102 Å². The molecule has 1 aromatic carbocycles. The van der Waals surface area contributed by atoms with Crippen LogP contribution in [0.25, 0.3) is 5.82 Å². The number of imidazole rings is 1. The third-order valence-electron chi connectivity index (χ3n) is 4.17. The molecule has 2 aromatic heterocycles. The van der Waals surface area contributed by atoms with Gasteiger partial charge in [-0.25, -0.2) is 32.5 Å². The van der Waals surface area contributed by atoms with Gasteiger partial charge >= 0.3 is 0 Å². The van der Waals surface area contributed by atoms with Gasteiger partial charge in [-0.05, 0) is 31.5 Å². The van der Waals surface area contributed by atoms with Crippen LogP contribution in [0, 0.1) is 19.7 Å². The highest BCUT2D eigenvalue weighted by Crippen LogP contribution is 2.13. The Morgan fingerprint density at radius 1 is 1.07 bits per heavy atom. The number of sulfonamides is 1. The van der Waals surface area contributed by atoms with Crippen LogP contribution in [0.4, 0.5) is 10.2 Å². The minimum atomic E-state index is -3.51. The highest BCUT2D eigenvalue weighted by Gasteiger charge is 2.11. The molecular formula is C18H21FN6O2S. The van der Waals surface area contributed by atoms with Crippen molar-refractivity contribution in [3.05, 3.63) is 65.8 Å². The van der Waals surface area contributed by atoms with Gasteiger partial charge in [-0.15, -0.1) is 0 Å². The van der Waals surface area contributed by atoms with E-state index in [4.69, 9.17) is 0 Å². The fraction of sp³-hybridized carbons (Fsp3) is 0.278. The number of aromatic nitrogens is 4. The SMILES string of the molecule is Cc1ncn(-c2cc(NCCNS(=O)(=O)Cc3ccc(F)cc3)ncn2)c1C. The molecule has 0 radical (unpaired) electrons. The van der Waals surface area contributed by atoms with Gasteiger partial charge in [0.15, 0.2) is 0 Å². The van der Waals surface area contributed by atoms with Gasteiger partial charge in [-0.1, -0.05) is 12.1 Å². The molecule has 28 heavy (non-hydrogen) atoms. The standard InChI is InChI=1S/C18H21FN6O2S/c1-13-14(2)25(12-23-13)18-9-17(21-11-22-18)20-7-8-24-28(26,27)10-15-3-5-16(19)6-4-15/h3-6,9,11-12,24H,7-8,10H2,1-2H3,(H,20,21,22). The first kappa shape index (κ1) is 19.9. The second-order valence-electron chi connectivity index (χ2n) is 6.25. The van der Waals surface area contributed by atoms with Crippen LogP contribution in [-0.2, 0) is 15.8 Å². The summed E-state index contributed by atoms with van der Waals surface area (Å²) in [5.74, 6) is 0.647. The number of hydrogen-bond donors (Lipinski definition) is 2. The molecule has 10 heteroatoms. The first-order valence-electron chi connectivity index (χ1n) is 8.63. The monoisotopic (exact) mass is 404 g/mol. The number of anilines is 1. The molecule has 0 bridgehead atoms. The molecule has 0 amide bonds. The molecule has 2 N–H and O–H groups in total. The molecule has 0 aliphatic rings. The zero-order valence-electron chi connectivity index (χ0n) is 15.6. The summed E-state index contributed by atoms with van der Waals surface area (Å²) < 4.78 is 41.5. The largest absolute Gasteiger partial charge is 0.369 e. The van der Waals surface area contributed by atoms with Crippen molar-refractivity contribution in [1.82, 2.24) is 24.2 Å². The number of hydrogen-bond acceptors (Lipinski definition) is 6. The van der Waals surface area contributed by atoms with Crippen molar-refractivity contribution in [2.45, 2.75) is 19.6 Å². The zero-order chi connectivity index (χ0) is 20.1. The molecule has 148 valence electrons. The summed E-state index contributed by atoms with van der Waals surface area (Å²) in [5.41, 5.74) is 2.43. The Balaban J connectivity index is 1.53. The molecule has 0 fully saturated rings. The van der Waals surface area contributed by atoms with E-state index in [1.165, 1.54) is 30.6 Å². The van der Waals surface area contributed by atoms with Crippen molar-refractivity contribution >= 4 is 15.8 Å². The lowest BCUT2D eigenvalue weighted by atomic mass is 10.2. The van der Waals surface area contributed by atoms with Gasteiger partial charge in [0, 0.05) is 24.8 Å². The Morgan fingerprint density at radius 3 is 2.50 bits per heavy atom. The maximum atomic E-state index is 12.9. The van der Waals surface area contributed by atoms with E-state index in [1.54, 1.807) is 12.4 Å². The third kappa shape index (κ3) is 5.11. The first-order valence-corrected chi connectivity index (χ1v) is 10.3. The molecule has 0 aliphatic heterocycles. The molecule has 0 aliphatic carbocycles. The van der Waals surface area contributed by atoms with Crippen molar-refractivity contribution in [3.63, 3.8) is 0 Å². The van der Waals surface area contributed by atoms with Crippen molar-refractivity contribution in [2.24, 2.45) is 0 Å². The fourth-order valence-electron chi connectivity index (χ4n) is 2.55. The number of nitrogens with one attached hydrogen (secondary N) is 2. The highest BCUT2D eigenvalue weighted by molar-refractivity contribution is 7.88. The molecule has 0 spiro atoms. The Kier molecular flexibility index (Phi) is 6.00. The van der Waals surface area contributed by atoms with E-state index in [-0.39, 0.29) is 12.3 Å². The van der Waals surface area contributed by atoms with Crippen LogP contribution in [0.5, 0.6) is 0 Å². The lowest BCUT2D eigenvalue weighted by molar-refractivity contribution is 0.581. The van der Waals surface area contributed by atoms with Gasteiger partial charge in [-0.2, -0.15) is 0 Å². The molecule has 0 atom stereocenters. The van der Waals surface area contributed by atoms with Crippen LogP contribution < -0.4 is 10.0 Å². The maximum Gasteiger partial charge on any atom is 0.215 e. The number of benzene rings is 1. The van der Waals surface area contributed by atoms with Crippen molar-refractivity contribution in [1.29, 1.82) is 0 Å². The van der Waals surface area contributed by atoms with E-state index in [0.717, 1.165) is 11.4 Å². The second kappa shape index (κ2) is 8.44. The predicted octanol–water partition coefficient (Wildman–Crippen LogP) is 1.95. The first-order chi connectivity index (χ1) is 13.3. The van der Waals surface area contributed by atoms with Gasteiger partial charge in [0.05, 0.1) is 11.4 Å². The van der Waals surface area contributed by atoms with Crippen LogP contribution in [0.2, 0.25) is 0 Å². The summed E-state index contributed by atoms with van der Waals surface area (Å²) in [4.78, 5) is 12.6. The summed E-state index contributed by atoms with van der Waals surface area (Å²) in [6, 6.07) is 7.15. The summed E-state index contributed by atoms with van der Waals surface area (Å²) in [6.07, 6.45) is 3.13. The van der Waals surface area contributed by atoms with E-state index < -0.39 is 15.8 Å². The molecule has 3 rings (SSSR count). The minimum absolute atomic E-state index is 0.187. The summed E-state index contributed by atoms with van der Waals surface area (Å²) >= 11 is 0. The number of aryl methyl sites for hydroxylation is 1. The normalized spacial score (nSPS) is 11.5. The van der Waals surface area contributed by atoms with Crippen LogP contribution in [-0.4, -0.2) is 41.0 Å². The molecule has 0 saturated heterocycles. The third-order valence-corrected chi connectivity index (χ3v) is 5.53. The zero-order valence-corrected chi connectivity index (χ0v) is 16.4. The van der Waals surface area contributed by atoms with Crippen LogP contribution in [0.3, 0.4) is 0 Å². The number of nitrogens with zero attached hydrogens (tertiary/aromatic N) is 4. The lowest BCUT2D eigenvalue weighted by Crippen LogP contribution is -2.30. The van der Waals surface area contributed by atoms with Crippen molar-refractivity contribution in [3.8, 4) is 5.82 Å². The predicted molar refractivity (Wildman–Crippen MR) is 104 cm³/mol. The van der Waals surface area contributed by atoms with Gasteiger partial charge in [0.2, 0.25) is 10.0 Å². The Hall–Kier alpha value is -2.85. The van der Waals surface area contributed by atoms with Crippen molar-refractivity contribution < 1.29 is 12.8 Å². The molecule has 3 aromatic rings. The van der Waals surface area contributed by atoms with Crippen LogP contribution >= 0.6 is 0 Å². The Labute approximate surface area is 162 Å². The van der Waals surface area contributed by atoms with Gasteiger partial charge < -0.3 is 5.32 Å². The molecule has 2 heterocycles. The van der Waals surface area contributed by atoms with Gasteiger partial charge in [0.1, 0.15) is 30.1 Å². The Morgan fingerprint density at radius 2 is 1.82 bits per heavy atom. The Bertz CT molecular complexity index is 1050. The fourth-order valence-corrected chi connectivity index (χ4v) is 3.70. The summed E-state index contributed by atoms with van der Waals surface area (Å²) in [5, 5.41) is 3.06. The molecular weight excluding hydrogens is 383 g/mol. The minimum Gasteiger partial charge on any atom is -0.369 e. The van der Waals surface area contributed by atoms with Crippen LogP contribution in [0.1, 0.15) is 17.0 Å². The summed E-state index contributed by atoms with van der Waals surface area (Å²) in [7, 11) is -3.51. The number of halogens is 1. The average Bonchev–Trinajstić information content (AvgIpc) is 3.00. The average molecular weight is 404 g/mol. The lowest BCUT2D eigenvalue weighted by Gasteiger charge is -2.10. The van der Waals surface area contributed by atoms with Gasteiger partial charge in [-0.3, -0.25) is 4.57 Å². The van der Waals surface area contributed by atoms with Gasteiger partial charge in [0.25, 0.3) is 0 Å². The maximum absolute atomic E-state index is 12.9. The van der Waals surface area contributed by atoms with Crippen molar-refractivity contribution in [2.75, 3.05) is 18.4 Å². The molecule has 8 nitrogen and oxygen atoms in total. The number of rotatable bonds is 8. The molecule has 0 unspecified atom stereocenters.